The average molecular weight is 569 g/mol. The fraction of sp³-hybridized carbons (Fsp3) is 0.154. The molecule has 0 spiro atoms. The summed E-state index contributed by atoms with van der Waals surface area (Å²) in [5, 5.41) is 10.5. The first-order valence-corrected chi connectivity index (χ1v) is 12.4. The number of carbonyl (C=O) groups is 2. The van der Waals surface area contributed by atoms with E-state index < -0.39 is 4.92 Å². The summed E-state index contributed by atoms with van der Waals surface area (Å²) in [4.78, 5) is 37.4. The molecule has 184 valence electrons. The molecule has 4 rings (SSSR count). The predicted molar refractivity (Wildman–Crippen MR) is 141 cm³/mol. The molecule has 1 fully saturated rings. The van der Waals surface area contributed by atoms with Crippen molar-refractivity contribution in [1.29, 1.82) is 0 Å². The lowest BCUT2D eigenvalue weighted by atomic mass is 10.1. The second-order valence-electron chi connectivity index (χ2n) is 7.99. The summed E-state index contributed by atoms with van der Waals surface area (Å²) in [7, 11) is 1.50. The molecule has 1 saturated heterocycles. The third kappa shape index (κ3) is 5.77. The molecule has 0 bridgehead atoms. The first kappa shape index (κ1) is 25.5. The van der Waals surface area contributed by atoms with E-state index in [0.29, 0.717) is 26.4 Å². The molecule has 8 nitrogen and oxygen atoms in total. The van der Waals surface area contributed by atoms with Crippen molar-refractivity contribution in [2.75, 3.05) is 7.11 Å². The van der Waals surface area contributed by atoms with E-state index in [-0.39, 0.29) is 30.0 Å². The van der Waals surface area contributed by atoms with Gasteiger partial charge in [0.25, 0.3) is 16.8 Å². The van der Waals surface area contributed by atoms with E-state index in [4.69, 9.17) is 9.47 Å². The summed E-state index contributed by atoms with van der Waals surface area (Å²) in [5.74, 6) is 0.536. The number of halogens is 1. The Morgan fingerprint density at radius 2 is 1.81 bits per heavy atom. The van der Waals surface area contributed by atoms with Crippen molar-refractivity contribution in [3.05, 3.63) is 102 Å². The maximum Gasteiger partial charge on any atom is 0.293 e. The highest BCUT2D eigenvalue weighted by atomic mass is 79.9. The van der Waals surface area contributed by atoms with Gasteiger partial charge in [0.05, 0.1) is 23.5 Å². The molecule has 1 aliphatic rings. The molecule has 0 aliphatic carbocycles. The van der Waals surface area contributed by atoms with Crippen LogP contribution in [-0.2, 0) is 17.9 Å². The van der Waals surface area contributed by atoms with Crippen molar-refractivity contribution in [3.63, 3.8) is 0 Å². The minimum Gasteiger partial charge on any atom is -0.493 e. The van der Waals surface area contributed by atoms with Gasteiger partial charge in [-0.15, -0.1) is 0 Å². The fourth-order valence-corrected chi connectivity index (χ4v) is 4.85. The Morgan fingerprint density at radius 1 is 1.06 bits per heavy atom. The molecule has 10 heteroatoms. The largest absolute Gasteiger partial charge is 0.493 e. The smallest absolute Gasteiger partial charge is 0.293 e. The lowest BCUT2D eigenvalue weighted by Gasteiger charge is -2.14. The zero-order valence-corrected chi connectivity index (χ0v) is 21.8. The maximum atomic E-state index is 13.0. The molecule has 0 unspecified atom stereocenters. The number of hydrogen-bond donors (Lipinski definition) is 0. The number of rotatable bonds is 8. The Morgan fingerprint density at radius 3 is 2.47 bits per heavy atom. The number of carbonyl (C=O) groups excluding carboxylic acids is 2. The summed E-state index contributed by atoms with van der Waals surface area (Å²) in [6, 6.07) is 17.2. The van der Waals surface area contributed by atoms with Gasteiger partial charge in [0.1, 0.15) is 6.61 Å². The predicted octanol–water partition coefficient (Wildman–Crippen LogP) is 6.49. The summed E-state index contributed by atoms with van der Waals surface area (Å²) in [5.41, 5.74) is 3.35. The first-order chi connectivity index (χ1) is 17.2. The number of methoxy groups -OCH3 is 1. The Balaban J connectivity index is 1.51. The topological polar surface area (TPSA) is 99.0 Å². The van der Waals surface area contributed by atoms with E-state index in [1.54, 1.807) is 30.3 Å². The fourth-order valence-electron chi connectivity index (χ4n) is 3.58. The normalized spacial score (nSPS) is 14.4. The Hall–Kier alpha value is -3.63. The number of nitrogens with zero attached hydrogens (tertiary/aromatic N) is 2. The van der Waals surface area contributed by atoms with E-state index in [0.717, 1.165) is 28.5 Å². The summed E-state index contributed by atoms with van der Waals surface area (Å²) >= 11 is 4.40. The van der Waals surface area contributed by atoms with E-state index >= 15 is 0 Å². The van der Waals surface area contributed by atoms with Crippen LogP contribution < -0.4 is 9.47 Å². The second-order valence-corrected chi connectivity index (χ2v) is 9.84. The summed E-state index contributed by atoms with van der Waals surface area (Å²) in [6.45, 7) is 2.35. The first-order valence-electron chi connectivity index (χ1n) is 10.8. The van der Waals surface area contributed by atoms with Crippen molar-refractivity contribution in [2.24, 2.45) is 0 Å². The van der Waals surface area contributed by atoms with Crippen LogP contribution in [0.15, 0.2) is 70.0 Å². The Kier molecular flexibility index (Phi) is 7.76. The van der Waals surface area contributed by atoms with Crippen LogP contribution in [0.1, 0.15) is 22.3 Å². The number of non-ortho nitro benzene ring substituents is 1. The van der Waals surface area contributed by atoms with Gasteiger partial charge >= 0.3 is 0 Å². The molecular weight excluding hydrogens is 548 g/mol. The molecule has 3 aromatic rings. The maximum absolute atomic E-state index is 13.0. The van der Waals surface area contributed by atoms with E-state index in [2.05, 4.69) is 15.9 Å². The number of imide groups is 1. The molecule has 2 amide bonds. The molecule has 1 heterocycles. The molecule has 0 atom stereocenters. The minimum atomic E-state index is -0.458. The average Bonchev–Trinajstić information content (AvgIpc) is 3.11. The van der Waals surface area contributed by atoms with Crippen LogP contribution in [0.3, 0.4) is 0 Å². The van der Waals surface area contributed by atoms with Crippen LogP contribution in [0.4, 0.5) is 10.5 Å². The van der Waals surface area contributed by atoms with Crippen LogP contribution in [0.25, 0.3) is 6.08 Å². The van der Waals surface area contributed by atoms with Crippen molar-refractivity contribution in [3.8, 4) is 11.5 Å². The van der Waals surface area contributed by atoms with Gasteiger partial charge in [-0.3, -0.25) is 24.6 Å². The Bertz CT molecular complexity index is 1370. The molecule has 36 heavy (non-hydrogen) atoms. The van der Waals surface area contributed by atoms with Gasteiger partial charge in [-0.1, -0.05) is 45.8 Å². The molecule has 3 aromatic carbocycles. The van der Waals surface area contributed by atoms with Crippen molar-refractivity contribution >= 4 is 50.6 Å². The number of benzene rings is 3. The number of amides is 2. The molecular formula is C26H21BrN2O6S. The molecule has 1 aliphatic heterocycles. The summed E-state index contributed by atoms with van der Waals surface area (Å²) in [6.07, 6.45) is 1.65. The second kappa shape index (κ2) is 11.0. The third-order valence-corrected chi connectivity index (χ3v) is 7.00. The van der Waals surface area contributed by atoms with Crippen LogP contribution in [0.2, 0.25) is 0 Å². The highest BCUT2D eigenvalue weighted by Gasteiger charge is 2.35. The highest BCUT2D eigenvalue weighted by Crippen LogP contribution is 2.38. The highest BCUT2D eigenvalue weighted by molar-refractivity contribution is 9.10. The van der Waals surface area contributed by atoms with Crippen LogP contribution in [-0.4, -0.2) is 28.1 Å². The number of hydrogen-bond acceptors (Lipinski definition) is 7. The number of nitro benzene ring substituents is 1. The number of ether oxygens (including phenoxy) is 2. The van der Waals surface area contributed by atoms with E-state index in [9.17, 15) is 19.7 Å². The number of thioether (sulfide) groups is 1. The van der Waals surface area contributed by atoms with Gasteiger partial charge in [0.2, 0.25) is 0 Å². The molecule has 0 N–H and O–H groups in total. The standard InChI is InChI=1S/C26H21BrN2O6S/c1-16-4-3-5-18(10-16)14-28-25(30)24(36-26(28)31)12-19-11-22(34-2)23(13-21(19)27)35-15-17-6-8-20(9-7-17)29(32)33/h3-13H,14-15H2,1-2H3/b24-12-. The van der Waals surface area contributed by atoms with E-state index in [1.807, 2.05) is 31.2 Å². The van der Waals surface area contributed by atoms with Crippen LogP contribution >= 0.6 is 27.7 Å². The molecule has 0 saturated carbocycles. The quantitative estimate of drug-likeness (QED) is 0.174. The number of nitro groups is 1. The van der Waals surface area contributed by atoms with Gasteiger partial charge < -0.3 is 9.47 Å². The van der Waals surface area contributed by atoms with Crippen molar-refractivity contribution < 1.29 is 24.0 Å². The lowest BCUT2D eigenvalue weighted by Crippen LogP contribution is -2.27. The van der Waals surface area contributed by atoms with Crippen LogP contribution in [0, 0.1) is 17.0 Å². The van der Waals surface area contributed by atoms with Crippen molar-refractivity contribution in [2.45, 2.75) is 20.1 Å². The summed E-state index contributed by atoms with van der Waals surface area (Å²) < 4.78 is 12.0. The Labute approximate surface area is 220 Å². The van der Waals surface area contributed by atoms with Crippen LogP contribution in [0.5, 0.6) is 11.5 Å². The lowest BCUT2D eigenvalue weighted by molar-refractivity contribution is -0.384. The SMILES string of the molecule is COc1cc(/C=C2\SC(=O)N(Cc3cccc(C)c3)C2=O)c(Br)cc1OCc1ccc([N+](=O)[O-])cc1. The zero-order valence-electron chi connectivity index (χ0n) is 19.4. The molecule has 0 aromatic heterocycles. The van der Waals surface area contributed by atoms with Crippen molar-refractivity contribution in [1.82, 2.24) is 4.90 Å². The van der Waals surface area contributed by atoms with Gasteiger partial charge in [-0.25, -0.2) is 0 Å². The van der Waals surface area contributed by atoms with Gasteiger partial charge in [-0.05, 0) is 65.7 Å². The van der Waals surface area contributed by atoms with Gasteiger partial charge in [0.15, 0.2) is 11.5 Å². The minimum absolute atomic E-state index is 0.00623. The number of aryl methyl sites for hydroxylation is 1. The van der Waals surface area contributed by atoms with Gasteiger partial charge in [-0.2, -0.15) is 0 Å². The van der Waals surface area contributed by atoms with Gasteiger partial charge in [0, 0.05) is 16.6 Å². The molecule has 0 radical (unpaired) electrons. The van der Waals surface area contributed by atoms with E-state index in [1.165, 1.54) is 24.1 Å². The monoisotopic (exact) mass is 568 g/mol. The third-order valence-electron chi connectivity index (χ3n) is 5.41. The zero-order chi connectivity index (χ0) is 25.8.